The van der Waals surface area contributed by atoms with Crippen LogP contribution in [-0.2, 0) is 5.33 Å². The van der Waals surface area contributed by atoms with Crippen molar-refractivity contribution in [2.24, 2.45) is 0 Å². The Morgan fingerprint density at radius 1 is 0.667 bits per heavy atom. The van der Waals surface area contributed by atoms with E-state index in [-0.39, 0.29) is 0 Å². The molecule has 0 aliphatic carbocycles. The molecule has 2 heteroatoms. The molecule has 1 nitrogen and oxygen atoms in total. The Labute approximate surface area is 132 Å². The molecule has 3 aromatic carbocycles. The molecule has 0 radical (unpaired) electrons. The molecule has 0 aliphatic heterocycles. The average molecular weight is 336 g/mol. The van der Waals surface area contributed by atoms with Crippen LogP contribution < -0.4 is 0 Å². The van der Waals surface area contributed by atoms with Gasteiger partial charge in [-0.1, -0.05) is 64.5 Å². The second-order valence-corrected chi connectivity index (χ2v) is 5.73. The maximum absolute atomic E-state index is 3.50. The predicted octanol–water partition coefficient (Wildman–Crippen LogP) is 5.68. The van der Waals surface area contributed by atoms with Gasteiger partial charge >= 0.3 is 0 Å². The van der Waals surface area contributed by atoms with Gasteiger partial charge in [-0.2, -0.15) is 0 Å². The Morgan fingerprint density at radius 3 is 1.71 bits per heavy atom. The summed E-state index contributed by atoms with van der Waals surface area (Å²) in [6.45, 7) is 0. The van der Waals surface area contributed by atoms with Crippen molar-refractivity contribution < 1.29 is 0 Å². The van der Waals surface area contributed by atoms with Gasteiger partial charge < -0.3 is 4.57 Å². The van der Waals surface area contributed by atoms with Gasteiger partial charge in [0.2, 0.25) is 0 Å². The number of para-hydroxylation sites is 2. The highest BCUT2D eigenvalue weighted by atomic mass is 79.9. The normalized spacial score (nSPS) is 11.3. The largest absolute Gasteiger partial charge is 0.309 e. The van der Waals surface area contributed by atoms with Crippen molar-refractivity contribution in [2.45, 2.75) is 5.33 Å². The minimum atomic E-state index is 0.889. The first-order chi connectivity index (χ1) is 10.4. The first kappa shape index (κ1) is 12.7. The van der Waals surface area contributed by atoms with Gasteiger partial charge in [0.15, 0.2) is 0 Å². The molecule has 0 saturated carbocycles. The Bertz CT molecular complexity index is 866. The topological polar surface area (TPSA) is 4.93 Å². The number of alkyl halides is 1. The fraction of sp³-hybridized carbons (Fsp3) is 0.0526. The molecule has 4 aromatic rings. The minimum Gasteiger partial charge on any atom is -0.309 e. The van der Waals surface area contributed by atoms with Gasteiger partial charge in [-0.15, -0.1) is 0 Å². The van der Waals surface area contributed by atoms with Gasteiger partial charge in [-0.25, -0.2) is 0 Å². The van der Waals surface area contributed by atoms with Crippen LogP contribution in [0.1, 0.15) is 5.56 Å². The fourth-order valence-corrected chi connectivity index (χ4v) is 3.31. The second kappa shape index (κ2) is 5.05. The summed E-state index contributed by atoms with van der Waals surface area (Å²) < 4.78 is 2.34. The van der Waals surface area contributed by atoms with Gasteiger partial charge in [0.1, 0.15) is 0 Å². The maximum Gasteiger partial charge on any atom is 0.0541 e. The molecule has 0 spiro atoms. The van der Waals surface area contributed by atoms with Crippen molar-refractivity contribution in [3.8, 4) is 5.69 Å². The quantitative estimate of drug-likeness (QED) is 0.415. The lowest BCUT2D eigenvalue weighted by Gasteiger charge is -2.08. The number of hydrogen-bond donors (Lipinski definition) is 0. The molecule has 1 aromatic heterocycles. The molecule has 0 aliphatic rings. The molecule has 0 amide bonds. The van der Waals surface area contributed by atoms with Crippen LogP contribution in [0.4, 0.5) is 0 Å². The lowest BCUT2D eigenvalue weighted by Crippen LogP contribution is -1.93. The molecule has 0 N–H and O–H groups in total. The number of fused-ring (bicyclic) bond motifs is 3. The summed E-state index contributed by atoms with van der Waals surface area (Å²) in [5, 5.41) is 3.50. The average Bonchev–Trinajstić information content (AvgIpc) is 2.90. The van der Waals surface area contributed by atoms with Crippen molar-refractivity contribution in [1.29, 1.82) is 0 Å². The van der Waals surface area contributed by atoms with Gasteiger partial charge in [0.25, 0.3) is 0 Å². The fourth-order valence-electron chi connectivity index (χ4n) is 2.93. The van der Waals surface area contributed by atoms with Gasteiger partial charge in [0.05, 0.1) is 11.0 Å². The third kappa shape index (κ3) is 1.98. The first-order valence-corrected chi connectivity index (χ1v) is 8.14. The molecule has 4 rings (SSSR count). The smallest absolute Gasteiger partial charge is 0.0541 e. The van der Waals surface area contributed by atoms with E-state index in [1.165, 1.54) is 33.1 Å². The monoisotopic (exact) mass is 335 g/mol. The summed E-state index contributed by atoms with van der Waals surface area (Å²) in [6, 6.07) is 25.9. The molecule has 1 heterocycles. The summed E-state index contributed by atoms with van der Waals surface area (Å²) in [7, 11) is 0. The molecular weight excluding hydrogens is 322 g/mol. The van der Waals surface area contributed by atoms with E-state index in [2.05, 4.69) is 93.3 Å². The zero-order valence-electron chi connectivity index (χ0n) is 11.5. The second-order valence-electron chi connectivity index (χ2n) is 5.17. The third-order valence-corrected chi connectivity index (χ3v) is 4.58. The van der Waals surface area contributed by atoms with Gasteiger partial charge in [-0.3, -0.25) is 0 Å². The predicted molar refractivity (Wildman–Crippen MR) is 93.4 cm³/mol. The van der Waals surface area contributed by atoms with E-state index in [9.17, 15) is 0 Å². The van der Waals surface area contributed by atoms with Crippen molar-refractivity contribution in [3.63, 3.8) is 0 Å². The zero-order chi connectivity index (χ0) is 14.2. The lowest BCUT2D eigenvalue weighted by molar-refractivity contribution is 1.17. The summed E-state index contributed by atoms with van der Waals surface area (Å²) in [4.78, 5) is 0. The molecule has 0 fully saturated rings. The van der Waals surface area contributed by atoms with Crippen LogP contribution in [0.15, 0.2) is 72.8 Å². The van der Waals surface area contributed by atoms with Crippen molar-refractivity contribution in [2.75, 3.05) is 0 Å². The van der Waals surface area contributed by atoms with Crippen LogP contribution in [0.5, 0.6) is 0 Å². The van der Waals surface area contributed by atoms with E-state index >= 15 is 0 Å². The highest BCUT2D eigenvalue weighted by molar-refractivity contribution is 9.08. The number of halogens is 1. The van der Waals surface area contributed by atoms with E-state index in [0.717, 1.165) is 5.33 Å². The Hall–Kier alpha value is -2.06. The Kier molecular flexibility index (Phi) is 3.04. The number of rotatable bonds is 2. The molecular formula is C19H14BrN. The van der Waals surface area contributed by atoms with Crippen LogP contribution in [-0.4, -0.2) is 4.57 Å². The standard InChI is InChI=1S/C19H14BrN/c20-13-14-9-11-15(12-10-14)21-18-7-3-1-5-16(18)17-6-2-4-8-19(17)21/h1-12H,13H2. The highest BCUT2D eigenvalue weighted by Gasteiger charge is 2.10. The molecule has 0 saturated heterocycles. The summed E-state index contributed by atoms with van der Waals surface area (Å²) in [5.41, 5.74) is 5.01. The van der Waals surface area contributed by atoms with Crippen LogP contribution >= 0.6 is 15.9 Å². The summed E-state index contributed by atoms with van der Waals surface area (Å²) in [6.07, 6.45) is 0. The third-order valence-electron chi connectivity index (χ3n) is 3.93. The first-order valence-electron chi connectivity index (χ1n) is 7.02. The number of benzene rings is 3. The maximum atomic E-state index is 3.50. The number of hydrogen-bond acceptors (Lipinski definition) is 0. The van der Waals surface area contributed by atoms with E-state index < -0.39 is 0 Å². The van der Waals surface area contributed by atoms with Crippen molar-refractivity contribution >= 4 is 37.7 Å². The zero-order valence-corrected chi connectivity index (χ0v) is 13.0. The van der Waals surface area contributed by atoms with Crippen LogP contribution in [0.2, 0.25) is 0 Å². The van der Waals surface area contributed by atoms with E-state index in [1.807, 2.05) is 0 Å². The molecule has 0 unspecified atom stereocenters. The van der Waals surface area contributed by atoms with Crippen molar-refractivity contribution in [1.82, 2.24) is 4.57 Å². The van der Waals surface area contributed by atoms with Crippen molar-refractivity contribution in [3.05, 3.63) is 78.4 Å². The Morgan fingerprint density at radius 2 is 1.19 bits per heavy atom. The minimum absolute atomic E-state index is 0.889. The lowest BCUT2D eigenvalue weighted by atomic mass is 10.2. The highest BCUT2D eigenvalue weighted by Crippen LogP contribution is 2.31. The molecule has 0 bridgehead atoms. The van der Waals surface area contributed by atoms with Crippen LogP contribution in [0.25, 0.3) is 27.5 Å². The van der Waals surface area contributed by atoms with Crippen LogP contribution in [0, 0.1) is 0 Å². The van der Waals surface area contributed by atoms with Gasteiger partial charge in [-0.05, 0) is 29.8 Å². The molecule has 0 atom stereocenters. The van der Waals surface area contributed by atoms with E-state index in [1.54, 1.807) is 0 Å². The van der Waals surface area contributed by atoms with E-state index in [0.29, 0.717) is 0 Å². The number of aromatic nitrogens is 1. The number of nitrogens with zero attached hydrogens (tertiary/aromatic N) is 1. The SMILES string of the molecule is BrCc1ccc(-n2c3ccccc3c3ccccc32)cc1. The van der Waals surface area contributed by atoms with Crippen LogP contribution in [0.3, 0.4) is 0 Å². The Balaban J connectivity index is 2.09. The molecule has 21 heavy (non-hydrogen) atoms. The summed E-state index contributed by atoms with van der Waals surface area (Å²) >= 11 is 3.50. The molecule has 102 valence electrons. The van der Waals surface area contributed by atoms with E-state index in [4.69, 9.17) is 0 Å². The summed E-state index contributed by atoms with van der Waals surface area (Å²) in [5.74, 6) is 0. The van der Waals surface area contributed by atoms with Gasteiger partial charge in [0, 0.05) is 21.8 Å².